The van der Waals surface area contributed by atoms with Gasteiger partial charge in [0.15, 0.2) is 0 Å². The van der Waals surface area contributed by atoms with Crippen LogP contribution in [0, 0.1) is 17.3 Å². The number of ether oxygens (including phenoxy) is 1. The van der Waals surface area contributed by atoms with Gasteiger partial charge < -0.3 is 14.7 Å². The Labute approximate surface area is 182 Å². The second-order valence-corrected chi connectivity index (χ2v) is 8.62. The van der Waals surface area contributed by atoms with E-state index >= 15 is 0 Å². The first-order valence-electron chi connectivity index (χ1n) is 9.05. The summed E-state index contributed by atoms with van der Waals surface area (Å²) in [5, 5.41) is 10.1. The third-order valence-electron chi connectivity index (χ3n) is 5.55. The van der Waals surface area contributed by atoms with Crippen molar-refractivity contribution in [1.29, 1.82) is 0 Å². The molecule has 10 heteroatoms. The molecule has 1 aromatic rings. The lowest BCUT2D eigenvalue weighted by molar-refractivity contribution is -0.266. The highest BCUT2D eigenvalue weighted by Gasteiger charge is 2.63. The number of methoxy groups -OCH3 is 1. The largest absolute Gasteiger partial charge is 0.466 e. The molecule has 3 atom stereocenters. The standard InChI is InChI=1S/C20H22Cl2F3NO4/c1-5-26(16(27)15-13(10-14(21)22)18(15,2)3)12-8-6-11(7-9-12)19(29,17(28)30-4)20(23,24)25/h6-10,13,15,29H,5H2,1-4H3/t13-,15+,19-/m0/s1. The van der Waals surface area contributed by atoms with Crippen molar-refractivity contribution in [2.75, 3.05) is 18.6 Å². The molecule has 1 aliphatic carbocycles. The number of esters is 1. The van der Waals surface area contributed by atoms with Crippen molar-refractivity contribution in [3.05, 3.63) is 40.4 Å². The van der Waals surface area contributed by atoms with Crippen LogP contribution in [0.5, 0.6) is 0 Å². The van der Waals surface area contributed by atoms with E-state index in [2.05, 4.69) is 4.74 Å². The van der Waals surface area contributed by atoms with E-state index in [0.29, 0.717) is 5.69 Å². The van der Waals surface area contributed by atoms with E-state index in [4.69, 9.17) is 23.2 Å². The molecule has 0 unspecified atom stereocenters. The monoisotopic (exact) mass is 467 g/mol. The number of allylic oxidation sites excluding steroid dienone is 1. The zero-order valence-electron chi connectivity index (χ0n) is 16.8. The summed E-state index contributed by atoms with van der Waals surface area (Å²) in [7, 11) is 0.750. The fourth-order valence-corrected chi connectivity index (χ4v) is 3.93. The normalized spacial score (nSPS) is 21.9. The first-order valence-corrected chi connectivity index (χ1v) is 9.81. The fraction of sp³-hybridized carbons (Fsp3) is 0.500. The summed E-state index contributed by atoms with van der Waals surface area (Å²) in [5.74, 6) is -2.65. The molecule has 1 fully saturated rings. The van der Waals surface area contributed by atoms with E-state index in [1.165, 1.54) is 17.0 Å². The van der Waals surface area contributed by atoms with Crippen molar-refractivity contribution in [1.82, 2.24) is 0 Å². The van der Waals surface area contributed by atoms with E-state index < -0.39 is 29.2 Å². The Morgan fingerprint density at radius 2 is 1.77 bits per heavy atom. The molecule has 0 bridgehead atoms. The molecule has 1 saturated carbocycles. The summed E-state index contributed by atoms with van der Waals surface area (Å²) >= 11 is 11.4. The lowest BCUT2D eigenvalue weighted by atomic mass is 9.93. The summed E-state index contributed by atoms with van der Waals surface area (Å²) in [4.78, 5) is 26.1. The number of benzene rings is 1. The number of halogens is 5. The second kappa shape index (κ2) is 8.40. The van der Waals surface area contributed by atoms with Crippen molar-refractivity contribution in [2.45, 2.75) is 32.5 Å². The summed E-state index contributed by atoms with van der Waals surface area (Å²) in [6.45, 7) is 5.77. The summed E-state index contributed by atoms with van der Waals surface area (Å²) < 4.78 is 44.4. The Bertz CT molecular complexity index is 851. The number of amides is 1. The van der Waals surface area contributed by atoms with Crippen LogP contribution in [0.4, 0.5) is 18.9 Å². The number of carbonyl (C=O) groups excluding carboxylic acids is 2. The SMILES string of the molecule is CCN(C(=O)[C@H]1[C@H](C=C(Cl)Cl)C1(C)C)c1ccc([C@](O)(C(=O)OC)C(F)(F)F)cc1. The van der Waals surface area contributed by atoms with Crippen molar-refractivity contribution >= 4 is 40.8 Å². The second-order valence-electron chi connectivity index (χ2n) is 7.61. The predicted octanol–water partition coefficient (Wildman–Crippen LogP) is 4.55. The minimum atomic E-state index is -5.29. The first kappa shape index (κ1) is 24.5. The van der Waals surface area contributed by atoms with Gasteiger partial charge in [0, 0.05) is 17.8 Å². The van der Waals surface area contributed by atoms with Gasteiger partial charge in [-0.05, 0) is 36.5 Å². The summed E-state index contributed by atoms with van der Waals surface area (Å²) in [6.07, 6.45) is -3.69. The lowest BCUT2D eigenvalue weighted by Crippen LogP contribution is -2.49. The van der Waals surface area contributed by atoms with Crippen LogP contribution in [0.2, 0.25) is 0 Å². The van der Waals surface area contributed by atoms with Gasteiger partial charge in [0.05, 0.1) is 13.0 Å². The molecule has 30 heavy (non-hydrogen) atoms. The van der Waals surface area contributed by atoms with Crippen LogP contribution in [-0.2, 0) is 19.9 Å². The van der Waals surface area contributed by atoms with Crippen molar-refractivity contribution < 1.29 is 32.6 Å². The van der Waals surface area contributed by atoms with Gasteiger partial charge in [-0.15, -0.1) is 0 Å². The van der Waals surface area contributed by atoms with Gasteiger partial charge in [0.2, 0.25) is 5.91 Å². The summed E-state index contributed by atoms with van der Waals surface area (Å²) in [5.41, 5.74) is -4.58. The molecule has 166 valence electrons. The van der Waals surface area contributed by atoms with Gasteiger partial charge in [-0.2, -0.15) is 13.2 Å². The molecule has 0 spiro atoms. The number of rotatable bonds is 6. The van der Waals surface area contributed by atoms with Crippen LogP contribution < -0.4 is 4.90 Å². The lowest BCUT2D eigenvalue weighted by Gasteiger charge is -2.29. The van der Waals surface area contributed by atoms with E-state index in [1.54, 1.807) is 13.0 Å². The third-order valence-corrected chi connectivity index (χ3v) is 5.80. The Balaban J connectivity index is 2.35. The highest BCUT2D eigenvalue weighted by Crippen LogP contribution is 2.60. The Kier molecular flexibility index (Phi) is 6.86. The molecule has 0 saturated heterocycles. The van der Waals surface area contributed by atoms with Crippen molar-refractivity contribution in [3.63, 3.8) is 0 Å². The highest BCUT2D eigenvalue weighted by atomic mass is 35.5. The maximum Gasteiger partial charge on any atom is 0.432 e. The van der Waals surface area contributed by atoms with Crippen molar-refractivity contribution in [2.24, 2.45) is 17.3 Å². The van der Waals surface area contributed by atoms with Crippen LogP contribution >= 0.6 is 23.2 Å². The maximum absolute atomic E-state index is 13.4. The molecule has 0 aliphatic heterocycles. The summed E-state index contributed by atoms with van der Waals surface area (Å²) in [6, 6.07) is 4.37. The van der Waals surface area contributed by atoms with Crippen LogP contribution in [0.1, 0.15) is 26.3 Å². The van der Waals surface area contributed by atoms with Crippen LogP contribution in [-0.4, -0.2) is 36.8 Å². The zero-order chi connectivity index (χ0) is 23.1. The topological polar surface area (TPSA) is 66.8 Å². The average molecular weight is 468 g/mol. The van der Waals surface area contributed by atoms with Crippen LogP contribution in [0.15, 0.2) is 34.8 Å². The number of aliphatic hydroxyl groups is 1. The third kappa shape index (κ3) is 4.18. The van der Waals surface area contributed by atoms with Gasteiger partial charge >= 0.3 is 12.1 Å². The molecule has 0 radical (unpaired) electrons. The Morgan fingerprint density at radius 3 is 2.17 bits per heavy atom. The molecule has 1 amide bonds. The molecule has 1 N–H and O–H groups in total. The highest BCUT2D eigenvalue weighted by molar-refractivity contribution is 6.55. The minimum Gasteiger partial charge on any atom is -0.466 e. The number of hydrogen-bond acceptors (Lipinski definition) is 4. The number of carbonyl (C=O) groups is 2. The van der Waals surface area contributed by atoms with E-state index in [1.807, 2.05) is 13.8 Å². The Hall–Kier alpha value is -1.77. The van der Waals surface area contributed by atoms with Gasteiger partial charge in [0.25, 0.3) is 5.60 Å². The van der Waals surface area contributed by atoms with Crippen LogP contribution in [0.25, 0.3) is 0 Å². The number of nitrogens with zero attached hydrogens (tertiary/aromatic N) is 1. The molecule has 1 aliphatic rings. The number of alkyl halides is 3. The van der Waals surface area contributed by atoms with Crippen LogP contribution in [0.3, 0.4) is 0 Å². The van der Waals surface area contributed by atoms with E-state index in [0.717, 1.165) is 19.2 Å². The van der Waals surface area contributed by atoms with E-state index in [9.17, 15) is 27.9 Å². The maximum atomic E-state index is 13.4. The molecule has 0 aromatic heterocycles. The molecule has 2 rings (SSSR count). The van der Waals surface area contributed by atoms with Gasteiger partial charge in [-0.1, -0.05) is 49.2 Å². The quantitative estimate of drug-likeness (QED) is 0.623. The zero-order valence-corrected chi connectivity index (χ0v) is 18.3. The minimum absolute atomic E-state index is 0.0602. The molecule has 1 aromatic carbocycles. The average Bonchev–Trinajstić information content (AvgIpc) is 3.19. The Morgan fingerprint density at radius 1 is 1.23 bits per heavy atom. The number of hydrogen-bond donors (Lipinski definition) is 1. The predicted molar refractivity (Wildman–Crippen MR) is 107 cm³/mol. The first-order chi connectivity index (χ1) is 13.7. The fourth-order valence-electron chi connectivity index (χ4n) is 3.66. The van der Waals surface area contributed by atoms with Gasteiger partial charge in [0.1, 0.15) is 4.49 Å². The molecular weight excluding hydrogens is 446 g/mol. The molecule has 0 heterocycles. The van der Waals surface area contributed by atoms with Gasteiger partial charge in [-0.25, -0.2) is 4.79 Å². The molecular formula is C20H22Cl2F3NO4. The van der Waals surface area contributed by atoms with Crippen molar-refractivity contribution in [3.8, 4) is 0 Å². The smallest absolute Gasteiger partial charge is 0.432 e. The van der Waals surface area contributed by atoms with E-state index in [-0.39, 0.29) is 28.3 Å². The van der Waals surface area contributed by atoms with Gasteiger partial charge in [-0.3, -0.25) is 4.79 Å². The number of anilines is 1. The molecule has 5 nitrogen and oxygen atoms in total.